The van der Waals surface area contributed by atoms with Crippen molar-refractivity contribution in [1.82, 2.24) is 10.9 Å². The predicted octanol–water partition coefficient (Wildman–Crippen LogP) is 3.82. The standard InChI is InChI=1S/C18H18N4OS/c19-15-9-8-14(17-7-4-10-24-17)11-16(15)21-18(23)22-20-12-13-5-2-1-3-6-13/h1-11,20H,12,19H2,(H2,21,22,23). The number of nitrogens with two attached hydrogens (primary N) is 1. The van der Waals surface area contributed by atoms with Gasteiger partial charge in [0.05, 0.1) is 11.4 Å². The molecule has 0 radical (unpaired) electrons. The Morgan fingerprint density at radius 3 is 2.62 bits per heavy atom. The molecule has 0 atom stereocenters. The number of carbonyl (C=O) groups excluding carboxylic acids is 1. The molecule has 0 unspecified atom stereocenters. The van der Waals surface area contributed by atoms with Crippen molar-refractivity contribution in [3.8, 4) is 10.4 Å². The molecule has 0 aliphatic heterocycles. The Bertz CT molecular complexity index is 803. The van der Waals surface area contributed by atoms with Crippen molar-refractivity contribution >= 4 is 28.7 Å². The molecule has 6 heteroatoms. The fraction of sp³-hybridized carbons (Fsp3) is 0.0556. The van der Waals surface area contributed by atoms with Crippen LogP contribution in [0.4, 0.5) is 16.2 Å². The van der Waals surface area contributed by atoms with E-state index in [1.165, 1.54) is 0 Å². The van der Waals surface area contributed by atoms with Gasteiger partial charge in [0.15, 0.2) is 0 Å². The van der Waals surface area contributed by atoms with E-state index in [0.29, 0.717) is 17.9 Å². The van der Waals surface area contributed by atoms with Gasteiger partial charge < -0.3 is 11.1 Å². The first-order valence-electron chi connectivity index (χ1n) is 7.49. The van der Waals surface area contributed by atoms with E-state index in [4.69, 9.17) is 5.73 Å². The number of nitrogens with one attached hydrogen (secondary N) is 3. The van der Waals surface area contributed by atoms with Gasteiger partial charge in [-0.2, -0.15) is 0 Å². The zero-order chi connectivity index (χ0) is 16.8. The molecule has 0 bridgehead atoms. The Labute approximate surface area is 144 Å². The molecule has 2 amide bonds. The van der Waals surface area contributed by atoms with Crippen molar-refractivity contribution in [2.24, 2.45) is 0 Å². The molecule has 5 nitrogen and oxygen atoms in total. The average molecular weight is 338 g/mol. The van der Waals surface area contributed by atoms with E-state index in [1.54, 1.807) is 17.4 Å². The van der Waals surface area contributed by atoms with Crippen LogP contribution in [0.5, 0.6) is 0 Å². The van der Waals surface area contributed by atoms with Crippen LogP contribution in [-0.2, 0) is 6.54 Å². The average Bonchev–Trinajstić information content (AvgIpc) is 3.12. The fourth-order valence-corrected chi connectivity index (χ4v) is 2.96. The fourth-order valence-electron chi connectivity index (χ4n) is 2.24. The maximum absolute atomic E-state index is 12.0. The Morgan fingerprint density at radius 2 is 1.88 bits per heavy atom. The van der Waals surface area contributed by atoms with Crippen molar-refractivity contribution in [1.29, 1.82) is 0 Å². The molecule has 2 aromatic carbocycles. The molecular weight excluding hydrogens is 320 g/mol. The van der Waals surface area contributed by atoms with Gasteiger partial charge in [0.25, 0.3) is 0 Å². The quantitative estimate of drug-likeness (QED) is 0.422. The van der Waals surface area contributed by atoms with Gasteiger partial charge in [0.2, 0.25) is 0 Å². The summed E-state index contributed by atoms with van der Waals surface area (Å²) < 4.78 is 0. The largest absolute Gasteiger partial charge is 0.397 e. The summed E-state index contributed by atoms with van der Waals surface area (Å²) >= 11 is 1.64. The lowest BCUT2D eigenvalue weighted by atomic mass is 10.1. The minimum atomic E-state index is -0.360. The van der Waals surface area contributed by atoms with Crippen LogP contribution in [0.15, 0.2) is 66.0 Å². The lowest BCUT2D eigenvalue weighted by molar-refractivity contribution is 0.248. The van der Waals surface area contributed by atoms with Crippen LogP contribution in [0, 0.1) is 0 Å². The number of thiophene rings is 1. The first kappa shape index (κ1) is 16.0. The van der Waals surface area contributed by atoms with Crippen LogP contribution in [0.1, 0.15) is 5.56 Å². The molecule has 0 saturated carbocycles. The zero-order valence-corrected chi connectivity index (χ0v) is 13.8. The Balaban J connectivity index is 1.59. The third kappa shape index (κ3) is 4.13. The van der Waals surface area contributed by atoms with Crippen LogP contribution in [0.2, 0.25) is 0 Å². The van der Waals surface area contributed by atoms with Gasteiger partial charge in [-0.05, 0) is 34.7 Å². The molecule has 122 valence electrons. The first-order valence-corrected chi connectivity index (χ1v) is 8.37. The summed E-state index contributed by atoms with van der Waals surface area (Å²) in [6.45, 7) is 0.541. The van der Waals surface area contributed by atoms with E-state index >= 15 is 0 Å². The van der Waals surface area contributed by atoms with Crippen LogP contribution >= 0.6 is 11.3 Å². The Morgan fingerprint density at radius 1 is 1.04 bits per heavy atom. The second kappa shape index (κ2) is 7.63. The van der Waals surface area contributed by atoms with Crippen LogP contribution in [0.25, 0.3) is 10.4 Å². The van der Waals surface area contributed by atoms with E-state index in [1.807, 2.05) is 60.0 Å². The zero-order valence-electron chi connectivity index (χ0n) is 13.0. The number of amides is 2. The molecule has 0 aliphatic rings. The number of anilines is 2. The highest BCUT2D eigenvalue weighted by Gasteiger charge is 2.07. The highest BCUT2D eigenvalue weighted by Crippen LogP contribution is 2.30. The Hall–Kier alpha value is -2.83. The number of hydrazine groups is 1. The second-order valence-electron chi connectivity index (χ2n) is 5.20. The molecule has 0 saturated heterocycles. The molecule has 24 heavy (non-hydrogen) atoms. The molecule has 0 spiro atoms. The van der Waals surface area contributed by atoms with E-state index < -0.39 is 0 Å². The van der Waals surface area contributed by atoms with Crippen molar-refractivity contribution in [2.45, 2.75) is 6.54 Å². The van der Waals surface area contributed by atoms with Gasteiger partial charge in [-0.25, -0.2) is 10.2 Å². The van der Waals surface area contributed by atoms with Crippen LogP contribution < -0.4 is 21.9 Å². The lowest BCUT2D eigenvalue weighted by Gasteiger charge is -2.12. The monoisotopic (exact) mass is 338 g/mol. The number of rotatable bonds is 5. The van der Waals surface area contributed by atoms with Crippen LogP contribution in [-0.4, -0.2) is 6.03 Å². The molecule has 1 heterocycles. The van der Waals surface area contributed by atoms with Crippen molar-refractivity contribution in [3.05, 3.63) is 71.6 Å². The van der Waals surface area contributed by atoms with Crippen LogP contribution in [0.3, 0.4) is 0 Å². The topological polar surface area (TPSA) is 79.2 Å². The number of hydrogen-bond acceptors (Lipinski definition) is 4. The summed E-state index contributed by atoms with van der Waals surface area (Å²) in [4.78, 5) is 13.1. The van der Waals surface area contributed by atoms with Crippen molar-refractivity contribution < 1.29 is 4.79 Å². The van der Waals surface area contributed by atoms with E-state index in [2.05, 4.69) is 16.2 Å². The van der Waals surface area contributed by atoms with Gasteiger partial charge in [0.1, 0.15) is 0 Å². The molecule has 1 aromatic heterocycles. The highest BCUT2D eigenvalue weighted by molar-refractivity contribution is 7.13. The molecule has 5 N–H and O–H groups in total. The molecule has 3 aromatic rings. The van der Waals surface area contributed by atoms with Gasteiger partial charge in [-0.15, -0.1) is 11.3 Å². The van der Waals surface area contributed by atoms with Crippen molar-refractivity contribution in [3.63, 3.8) is 0 Å². The maximum Gasteiger partial charge on any atom is 0.333 e. The maximum atomic E-state index is 12.0. The lowest BCUT2D eigenvalue weighted by Crippen LogP contribution is -2.39. The molecule has 0 fully saturated rings. The minimum Gasteiger partial charge on any atom is -0.397 e. The Kier molecular flexibility index (Phi) is 5.10. The van der Waals surface area contributed by atoms with E-state index in [9.17, 15) is 4.79 Å². The summed E-state index contributed by atoms with van der Waals surface area (Å²) in [5.41, 5.74) is 14.6. The van der Waals surface area contributed by atoms with E-state index in [0.717, 1.165) is 16.0 Å². The summed E-state index contributed by atoms with van der Waals surface area (Å²) in [6.07, 6.45) is 0. The van der Waals surface area contributed by atoms with E-state index in [-0.39, 0.29) is 6.03 Å². The summed E-state index contributed by atoms with van der Waals surface area (Å²) in [5.74, 6) is 0. The normalized spacial score (nSPS) is 10.3. The third-order valence-electron chi connectivity index (χ3n) is 3.44. The summed E-state index contributed by atoms with van der Waals surface area (Å²) in [7, 11) is 0. The van der Waals surface area contributed by atoms with Crippen molar-refractivity contribution in [2.75, 3.05) is 11.1 Å². The van der Waals surface area contributed by atoms with Gasteiger partial charge in [0, 0.05) is 11.4 Å². The summed E-state index contributed by atoms with van der Waals surface area (Å²) in [6, 6.07) is 19.1. The van der Waals surface area contributed by atoms with Gasteiger partial charge in [-0.3, -0.25) is 5.43 Å². The van der Waals surface area contributed by atoms with Gasteiger partial charge in [-0.1, -0.05) is 42.5 Å². The van der Waals surface area contributed by atoms with Gasteiger partial charge >= 0.3 is 6.03 Å². The predicted molar refractivity (Wildman–Crippen MR) is 99.6 cm³/mol. The number of nitrogen functional groups attached to an aromatic ring is 1. The second-order valence-corrected chi connectivity index (χ2v) is 6.15. The number of benzene rings is 2. The number of carbonyl (C=O) groups is 1. The first-order chi connectivity index (χ1) is 11.7. The number of hydrogen-bond donors (Lipinski definition) is 4. The molecule has 0 aliphatic carbocycles. The smallest absolute Gasteiger partial charge is 0.333 e. The molecular formula is C18H18N4OS. The third-order valence-corrected chi connectivity index (χ3v) is 4.36. The molecule has 3 rings (SSSR count). The summed E-state index contributed by atoms with van der Waals surface area (Å²) in [5, 5.41) is 4.78. The highest BCUT2D eigenvalue weighted by atomic mass is 32.1. The minimum absolute atomic E-state index is 0.360. The number of urea groups is 1. The SMILES string of the molecule is Nc1ccc(-c2cccs2)cc1NC(=O)NNCc1ccccc1.